The molecule has 100 valence electrons. The van der Waals surface area contributed by atoms with Crippen LogP contribution in [-0.2, 0) is 0 Å². The van der Waals surface area contributed by atoms with Gasteiger partial charge in [-0.2, -0.15) is 0 Å². The second-order valence-electron chi connectivity index (χ2n) is 5.97. The van der Waals surface area contributed by atoms with Crippen LogP contribution in [0.2, 0.25) is 0 Å². The lowest BCUT2D eigenvalue weighted by molar-refractivity contribution is 0.110. The quantitative estimate of drug-likeness (QED) is 0.764. The SMILES string of the molecule is CNC1CC(CCO)CN(CC2CCCC2)C1. The van der Waals surface area contributed by atoms with Crippen LogP contribution in [0.1, 0.15) is 38.5 Å². The summed E-state index contributed by atoms with van der Waals surface area (Å²) < 4.78 is 0. The van der Waals surface area contributed by atoms with Gasteiger partial charge in [-0.25, -0.2) is 0 Å². The number of nitrogens with zero attached hydrogens (tertiary/aromatic N) is 1. The summed E-state index contributed by atoms with van der Waals surface area (Å²) in [6.07, 6.45) is 7.95. The number of aliphatic hydroxyl groups is 1. The standard InChI is InChI=1S/C14H28N2O/c1-15-14-8-13(6-7-17)10-16(11-14)9-12-4-2-3-5-12/h12-15,17H,2-11H2,1H3. The molecule has 3 heteroatoms. The molecule has 0 radical (unpaired) electrons. The van der Waals surface area contributed by atoms with Crippen molar-refractivity contribution in [1.82, 2.24) is 10.2 Å². The molecule has 1 saturated heterocycles. The molecule has 2 fully saturated rings. The van der Waals surface area contributed by atoms with E-state index in [0.29, 0.717) is 18.6 Å². The van der Waals surface area contributed by atoms with Crippen molar-refractivity contribution in [2.45, 2.75) is 44.6 Å². The number of rotatable bonds is 5. The number of nitrogens with one attached hydrogen (secondary N) is 1. The first-order chi connectivity index (χ1) is 8.31. The van der Waals surface area contributed by atoms with Crippen molar-refractivity contribution in [2.24, 2.45) is 11.8 Å². The van der Waals surface area contributed by atoms with E-state index in [9.17, 15) is 0 Å². The zero-order chi connectivity index (χ0) is 12.1. The minimum Gasteiger partial charge on any atom is -0.396 e. The minimum atomic E-state index is 0.346. The van der Waals surface area contributed by atoms with Crippen LogP contribution in [0.5, 0.6) is 0 Å². The van der Waals surface area contributed by atoms with Gasteiger partial charge in [0.25, 0.3) is 0 Å². The molecule has 1 saturated carbocycles. The van der Waals surface area contributed by atoms with E-state index in [1.54, 1.807) is 0 Å². The molecule has 0 spiro atoms. The lowest BCUT2D eigenvalue weighted by Crippen LogP contribution is -2.49. The monoisotopic (exact) mass is 240 g/mol. The van der Waals surface area contributed by atoms with Crippen molar-refractivity contribution in [3.8, 4) is 0 Å². The molecule has 1 aliphatic heterocycles. The van der Waals surface area contributed by atoms with Gasteiger partial charge in [-0.05, 0) is 44.6 Å². The third-order valence-corrected chi connectivity index (χ3v) is 4.55. The lowest BCUT2D eigenvalue weighted by Gasteiger charge is -2.38. The number of piperidine rings is 1. The normalized spacial score (nSPS) is 32.1. The van der Waals surface area contributed by atoms with E-state index in [1.165, 1.54) is 51.7 Å². The smallest absolute Gasteiger partial charge is 0.0434 e. The Bertz CT molecular complexity index is 216. The van der Waals surface area contributed by atoms with Crippen molar-refractivity contribution in [3.05, 3.63) is 0 Å². The van der Waals surface area contributed by atoms with Crippen LogP contribution in [0.15, 0.2) is 0 Å². The van der Waals surface area contributed by atoms with Gasteiger partial charge in [0, 0.05) is 32.3 Å². The van der Waals surface area contributed by atoms with Gasteiger partial charge in [0.1, 0.15) is 0 Å². The fourth-order valence-electron chi connectivity index (χ4n) is 3.61. The van der Waals surface area contributed by atoms with Crippen LogP contribution in [-0.4, -0.2) is 49.3 Å². The van der Waals surface area contributed by atoms with E-state index in [1.807, 2.05) is 0 Å². The van der Waals surface area contributed by atoms with E-state index >= 15 is 0 Å². The highest BCUT2D eigenvalue weighted by atomic mass is 16.3. The van der Waals surface area contributed by atoms with Gasteiger partial charge < -0.3 is 15.3 Å². The van der Waals surface area contributed by atoms with Crippen LogP contribution < -0.4 is 5.32 Å². The number of aliphatic hydroxyl groups excluding tert-OH is 1. The maximum Gasteiger partial charge on any atom is 0.0434 e. The molecule has 2 unspecified atom stereocenters. The molecule has 2 rings (SSSR count). The first-order valence-electron chi connectivity index (χ1n) is 7.32. The predicted octanol–water partition coefficient (Wildman–Crippen LogP) is 1.47. The van der Waals surface area contributed by atoms with Gasteiger partial charge in [-0.15, -0.1) is 0 Å². The summed E-state index contributed by atoms with van der Waals surface area (Å²) in [5.74, 6) is 1.63. The highest BCUT2D eigenvalue weighted by Gasteiger charge is 2.28. The topological polar surface area (TPSA) is 35.5 Å². The molecule has 2 N–H and O–H groups in total. The Morgan fingerprint density at radius 3 is 2.59 bits per heavy atom. The summed E-state index contributed by atoms with van der Waals surface area (Å²) in [4.78, 5) is 2.64. The van der Waals surface area contributed by atoms with Crippen molar-refractivity contribution in [1.29, 1.82) is 0 Å². The van der Waals surface area contributed by atoms with Crippen LogP contribution >= 0.6 is 0 Å². The summed E-state index contributed by atoms with van der Waals surface area (Å²) in [6, 6.07) is 0.627. The highest BCUT2D eigenvalue weighted by Crippen LogP contribution is 2.28. The Morgan fingerprint density at radius 2 is 1.94 bits per heavy atom. The molecule has 0 aromatic heterocycles. The lowest BCUT2D eigenvalue weighted by atomic mass is 9.91. The predicted molar refractivity (Wildman–Crippen MR) is 71.1 cm³/mol. The fourth-order valence-corrected chi connectivity index (χ4v) is 3.61. The second-order valence-corrected chi connectivity index (χ2v) is 5.97. The van der Waals surface area contributed by atoms with Crippen molar-refractivity contribution in [2.75, 3.05) is 33.3 Å². The average molecular weight is 240 g/mol. The van der Waals surface area contributed by atoms with Gasteiger partial charge in [0.05, 0.1) is 0 Å². The number of likely N-dealkylation sites (tertiary alicyclic amines) is 1. The van der Waals surface area contributed by atoms with Gasteiger partial charge in [0.15, 0.2) is 0 Å². The van der Waals surface area contributed by atoms with Gasteiger partial charge in [-0.1, -0.05) is 12.8 Å². The number of hydrogen-bond acceptors (Lipinski definition) is 3. The molecule has 2 atom stereocenters. The zero-order valence-electron chi connectivity index (χ0n) is 11.2. The Balaban J connectivity index is 1.82. The summed E-state index contributed by atoms with van der Waals surface area (Å²) in [5.41, 5.74) is 0. The zero-order valence-corrected chi connectivity index (χ0v) is 11.2. The maximum absolute atomic E-state index is 9.11. The highest BCUT2D eigenvalue weighted by molar-refractivity contribution is 4.84. The van der Waals surface area contributed by atoms with E-state index in [4.69, 9.17) is 5.11 Å². The molecule has 3 nitrogen and oxygen atoms in total. The van der Waals surface area contributed by atoms with Gasteiger partial charge in [-0.3, -0.25) is 0 Å². The Labute approximate surface area is 106 Å². The minimum absolute atomic E-state index is 0.346. The summed E-state index contributed by atoms with van der Waals surface area (Å²) >= 11 is 0. The fraction of sp³-hybridized carbons (Fsp3) is 1.00. The van der Waals surface area contributed by atoms with Crippen molar-refractivity contribution in [3.63, 3.8) is 0 Å². The largest absolute Gasteiger partial charge is 0.396 e. The second kappa shape index (κ2) is 6.72. The molecule has 0 amide bonds. The first kappa shape index (κ1) is 13.3. The van der Waals surface area contributed by atoms with Crippen molar-refractivity contribution >= 4 is 0 Å². The molecular formula is C14H28N2O. The van der Waals surface area contributed by atoms with E-state index in [0.717, 1.165) is 12.3 Å². The Morgan fingerprint density at radius 1 is 1.18 bits per heavy atom. The van der Waals surface area contributed by atoms with Crippen molar-refractivity contribution < 1.29 is 5.11 Å². The van der Waals surface area contributed by atoms with Crippen LogP contribution in [0.4, 0.5) is 0 Å². The van der Waals surface area contributed by atoms with Crippen LogP contribution in [0, 0.1) is 11.8 Å². The molecule has 0 aromatic carbocycles. The molecule has 0 aromatic rings. The molecule has 1 heterocycles. The van der Waals surface area contributed by atoms with Crippen LogP contribution in [0.3, 0.4) is 0 Å². The molecule has 17 heavy (non-hydrogen) atoms. The first-order valence-corrected chi connectivity index (χ1v) is 7.32. The average Bonchev–Trinajstić information content (AvgIpc) is 2.82. The molecule has 0 bridgehead atoms. The molecule has 2 aliphatic rings. The number of hydrogen-bond donors (Lipinski definition) is 2. The summed E-state index contributed by atoms with van der Waals surface area (Å²) in [5, 5.41) is 12.5. The Kier molecular flexibility index (Phi) is 5.26. The Hall–Kier alpha value is -0.120. The van der Waals surface area contributed by atoms with E-state index in [-0.39, 0.29) is 0 Å². The van der Waals surface area contributed by atoms with E-state index < -0.39 is 0 Å². The summed E-state index contributed by atoms with van der Waals surface area (Å²) in [6.45, 7) is 4.04. The molecular weight excluding hydrogens is 212 g/mol. The maximum atomic E-state index is 9.11. The third kappa shape index (κ3) is 3.94. The van der Waals surface area contributed by atoms with Gasteiger partial charge >= 0.3 is 0 Å². The molecule has 1 aliphatic carbocycles. The number of likely N-dealkylation sites (N-methyl/N-ethyl adjacent to an activating group) is 1. The van der Waals surface area contributed by atoms with E-state index in [2.05, 4.69) is 17.3 Å². The van der Waals surface area contributed by atoms with Gasteiger partial charge in [0.2, 0.25) is 0 Å². The van der Waals surface area contributed by atoms with Crippen LogP contribution in [0.25, 0.3) is 0 Å². The third-order valence-electron chi connectivity index (χ3n) is 4.55. The summed E-state index contributed by atoms with van der Waals surface area (Å²) in [7, 11) is 2.07.